The van der Waals surface area contributed by atoms with Gasteiger partial charge >= 0.3 is 6.03 Å². The first-order valence-corrected chi connectivity index (χ1v) is 7.22. The lowest BCUT2D eigenvalue weighted by Gasteiger charge is -2.09. The summed E-state index contributed by atoms with van der Waals surface area (Å²) in [6, 6.07) is 9.05. The third-order valence-electron chi connectivity index (χ3n) is 3.50. The molecule has 8 nitrogen and oxygen atoms in total. The van der Waals surface area contributed by atoms with E-state index < -0.39 is 0 Å². The van der Waals surface area contributed by atoms with E-state index in [0.717, 1.165) is 11.1 Å². The minimum Gasteiger partial charge on any atom is -0.493 e. The van der Waals surface area contributed by atoms with Crippen molar-refractivity contribution in [3.05, 3.63) is 36.5 Å². The van der Waals surface area contributed by atoms with E-state index in [9.17, 15) is 4.79 Å². The van der Waals surface area contributed by atoms with Crippen LogP contribution in [-0.4, -0.2) is 41.9 Å². The second kappa shape index (κ2) is 6.45. The van der Waals surface area contributed by atoms with Crippen LogP contribution in [0.1, 0.15) is 0 Å². The molecule has 0 aliphatic carbocycles. The van der Waals surface area contributed by atoms with Crippen LogP contribution in [0.15, 0.2) is 36.5 Å². The Balaban J connectivity index is 1.97. The molecule has 0 saturated heterocycles. The zero-order valence-corrected chi connectivity index (χ0v) is 13.5. The molecule has 0 unspecified atom stereocenters. The number of pyridine rings is 1. The van der Waals surface area contributed by atoms with Gasteiger partial charge in [-0.2, -0.15) is 4.98 Å². The molecule has 0 bridgehead atoms. The first-order valence-electron chi connectivity index (χ1n) is 7.22. The van der Waals surface area contributed by atoms with Crippen molar-refractivity contribution in [2.45, 2.75) is 0 Å². The van der Waals surface area contributed by atoms with E-state index in [1.165, 1.54) is 7.05 Å². The summed E-state index contributed by atoms with van der Waals surface area (Å²) in [6.07, 6.45) is 1.83. The molecular weight excluding hydrogens is 310 g/mol. The molecule has 3 rings (SSSR count). The maximum atomic E-state index is 11.3. The Kier molecular flexibility index (Phi) is 4.19. The van der Waals surface area contributed by atoms with Crippen LogP contribution in [0.25, 0.3) is 16.8 Å². The molecule has 0 fully saturated rings. The number of carbonyl (C=O) groups is 1. The lowest BCUT2D eigenvalue weighted by atomic mass is 10.1. The molecule has 3 aromatic rings. The normalized spacial score (nSPS) is 10.5. The largest absolute Gasteiger partial charge is 0.493 e. The highest BCUT2D eigenvalue weighted by molar-refractivity contribution is 5.87. The van der Waals surface area contributed by atoms with Gasteiger partial charge in [0.25, 0.3) is 5.95 Å². The van der Waals surface area contributed by atoms with Gasteiger partial charge < -0.3 is 14.8 Å². The summed E-state index contributed by atoms with van der Waals surface area (Å²) in [5.74, 6) is 1.55. The van der Waals surface area contributed by atoms with Crippen molar-refractivity contribution in [3.63, 3.8) is 0 Å². The van der Waals surface area contributed by atoms with Gasteiger partial charge in [-0.25, -0.2) is 9.31 Å². The van der Waals surface area contributed by atoms with E-state index in [1.54, 1.807) is 18.7 Å². The van der Waals surface area contributed by atoms with Gasteiger partial charge in [0.15, 0.2) is 17.1 Å². The van der Waals surface area contributed by atoms with E-state index in [1.807, 2.05) is 36.5 Å². The van der Waals surface area contributed by atoms with E-state index in [0.29, 0.717) is 17.1 Å². The summed E-state index contributed by atoms with van der Waals surface area (Å²) >= 11 is 0. The van der Waals surface area contributed by atoms with E-state index in [4.69, 9.17) is 9.47 Å². The number of aromatic nitrogens is 3. The van der Waals surface area contributed by atoms with Crippen molar-refractivity contribution in [3.8, 4) is 22.6 Å². The van der Waals surface area contributed by atoms with Crippen molar-refractivity contribution >= 4 is 17.6 Å². The molecule has 8 heteroatoms. The van der Waals surface area contributed by atoms with Crippen molar-refractivity contribution in [2.24, 2.45) is 0 Å². The molecule has 0 spiro atoms. The number of ether oxygens (including phenoxy) is 2. The smallest absolute Gasteiger partial charge is 0.321 e. The number of methoxy groups -OCH3 is 2. The maximum Gasteiger partial charge on any atom is 0.321 e. The lowest BCUT2D eigenvalue weighted by molar-refractivity contribution is 0.254. The fourth-order valence-corrected chi connectivity index (χ4v) is 2.29. The van der Waals surface area contributed by atoms with Gasteiger partial charge in [0.1, 0.15) is 0 Å². The topological polar surface area (TPSA) is 89.8 Å². The summed E-state index contributed by atoms with van der Waals surface area (Å²) < 4.78 is 12.2. The van der Waals surface area contributed by atoms with E-state index in [-0.39, 0.29) is 12.0 Å². The Labute approximate surface area is 138 Å². The zero-order chi connectivity index (χ0) is 17.1. The predicted molar refractivity (Wildman–Crippen MR) is 89.6 cm³/mol. The Hall–Kier alpha value is -3.29. The third kappa shape index (κ3) is 2.94. The molecular formula is C16H17N5O3. The molecule has 0 atom stereocenters. The van der Waals surface area contributed by atoms with Crippen LogP contribution in [-0.2, 0) is 0 Å². The molecule has 0 radical (unpaired) electrons. The number of fused-ring (bicyclic) bond motifs is 1. The van der Waals surface area contributed by atoms with Crippen molar-refractivity contribution in [2.75, 3.05) is 26.6 Å². The number of amides is 2. The average Bonchev–Trinajstić information content (AvgIpc) is 3.02. The SMILES string of the molecule is CNC(=O)Nc1nc2ccc(-c3ccc(OC)c(OC)c3)cn2n1. The fraction of sp³-hybridized carbons (Fsp3) is 0.188. The van der Waals surface area contributed by atoms with Gasteiger partial charge in [0, 0.05) is 18.8 Å². The molecule has 24 heavy (non-hydrogen) atoms. The van der Waals surface area contributed by atoms with Crippen LogP contribution >= 0.6 is 0 Å². The maximum absolute atomic E-state index is 11.3. The van der Waals surface area contributed by atoms with Gasteiger partial charge in [-0.15, -0.1) is 5.10 Å². The number of hydrogen-bond donors (Lipinski definition) is 2. The van der Waals surface area contributed by atoms with Crippen LogP contribution in [0.5, 0.6) is 11.5 Å². The van der Waals surface area contributed by atoms with Gasteiger partial charge in [-0.05, 0) is 29.8 Å². The minimum atomic E-state index is -0.369. The van der Waals surface area contributed by atoms with Crippen molar-refractivity contribution < 1.29 is 14.3 Å². The second-order valence-electron chi connectivity index (χ2n) is 4.93. The summed E-state index contributed by atoms with van der Waals surface area (Å²) in [5.41, 5.74) is 2.51. The highest BCUT2D eigenvalue weighted by Crippen LogP contribution is 2.32. The lowest BCUT2D eigenvalue weighted by Crippen LogP contribution is -2.25. The number of urea groups is 1. The Morgan fingerprint density at radius 3 is 2.54 bits per heavy atom. The number of benzene rings is 1. The summed E-state index contributed by atoms with van der Waals surface area (Å²) in [4.78, 5) is 15.6. The fourth-order valence-electron chi connectivity index (χ4n) is 2.29. The van der Waals surface area contributed by atoms with Gasteiger partial charge in [0.2, 0.25) is 0 Å². The summed E-state index contributed by atoms with van der Waals surface area (Å²) in [7, 11) is 4.72. The molecule has 2 heterocycles. The Morgan fingerprint density at radius 1 is 1.08 bits per heavy atom. The van der Waals surface area contributed by atoms with Crippen LogP contribution in [0.2, 0.25) is 0 Å². The first-order chi connectivity index (χ1) is 11.6. The van der Waals surface area contributed by atoms with Crippen LogP contribution < -0.4 is 20.1 Å². The van der Waals surface area contributed by atoms with Crippen LogP contribution in [0, 0.1) is 0 Å². The molecule has 1 aromatic carbocycles. The Morgan fingerprint density at radius 2 is 1.83 bits per heavy atom. The van der Waals surface area contributed by atoms with E-state index >= 15 is 0 Å². The molecule has 0 aliphatic heterocycles. The highest BCUT2D eigenvalue weighted by Gasteiger charge is 2.10. The number of nitrogens with one attached hydrogen (secondary N) is 2. The second-order valence-corrected chi connectivity index (χ2v) is 4.93. The first kappa shape index (κ1) is 15.6. The predicted octanol–water partition coefficient (Wildman–Crippen LogP) is 2.16. The zero-order valence-electron chi connectivity index (χ0n) is 13.5. The van der Waals surface area contributed by atoms with Crippen molar-refractivity contribution in [1.29, 1.82) is 0 Å². The number of rotatable bonds is 4. The van der Waals surface area contributed by atoms with Gasteiger partial charge in [0.05, 0.1) is 14.2 Å². The van der Waals surface area contributed by atoms with Crippen LogP contribution in [0.4, 0.5) is 10.7 Å². The molecule has 0 saturated carbocycles. The van der Waals surface area contributed by atoms with Crippen molar-refractivity contribution in [1.82, 2.24) is 19.9 Å². The number of carbonyl (C=O) groups excluding carboxylic acids is 1. The van der Waals surface area contributed by atoms with Gasteiger partial charge in [-0.1, -0.05) is 6.07 Å². The standard InChI is InChI=1S/C16H17N5O3/c1-17-16(22)19-15-18-14-7-5-11(9-21(14)20-15)10-4-6-12(23-2)13(8-10)24-3/h4-9H,1-3H3,(H2,17,19,20,22). The van der Waals surface area contributed by atoms with Gasteiger partial charge in [-0.3, -0.25) is 5.32 Å². The van der Waals surface area contributed by atoms with E-state index in [2.05, 4.69) is 20.7 Å². The summed E-state index contributed by atoms with van der Waals surface area (Å²) in [6.45, 7) is 0. The van der Waals surface area contributed by atoms with Crippen LogP contribution in [0.3, 0.4) is 0 Å². The number of nitrogens with zero attached hydrogens (tertiary/aromatic N) is 3. The molecule has 2 amide bonds. The monoisotopic (exact) mass is 327 g/mol. The Bertz CT molecular complexity index is 891. The highest BCUT2D eigenvalue weighted by atomic mass is 16.5. The average molecular weight is 327 g/mol. The minimum absolute atomic E-state index is 0.235. The molecule has 124 valence electrons. The third-order valence-corrected chi connectivity index (χ3v) is 3.50. The number of hydrogen-bond acceptors (Lipinski definition) is 5. The quantitative estimate of drug-likeness (QED) is 0.766. The molecule has 2 N–H and O–H groups in total. The molecule has 2 aromatic heterocycles. The summed E-state index contributed by atoms with van der Waals surface area (Å²) in [5, 5.41) is 9.24. The molecule has 0 aliphatic rings. The number of anilines is 1.